The van der Waals surface area contributed by atoms with Crippen molar-refractivity contribution in [2.45, 2.75) is 69.0 Å². The average Bonchev–Trinajstić information content (AvgIpc) is 3.55. The van der Waals surface area contributed by atoms with Gasteiger partial charge in [0.05, 0.1) is 42.0 Å². The fourth-order valence-electron chi connectivity index (χ4n) is 6.39. The molecular formula is C29H39N7O3. The number of fused-ring (bicyclic) bond motifs is 1. The van der Waals surface area contributed by atoms with E-state index in [-0.39, 0.29) is 23.9 Å². The van der Waals surface area contributed by atoms with E-state index in [1.165, 1.54) is 12.8 Å². The quantitative estimate of drug-likeness (QED) is 0.518. The molecule has 10 heteroatoms. The third-order valence-corrected chi connectivity index (χ3v) is 8.98. The Bertz CT molecular complexity index is 1250. The Kier molecular flexibility index (Phi) is 6.93. The smallest absolute Gasteiger partial charge is 0.251 e. The van der Waals surface area contributed by atoms with E-state index >= 15 is 0 Å². The largest absolute Gasteiger partial charge is 0.495 e. The standard InChI is InChI=1S/C29H39N7O3/c1-35-14-10-20(11-15-35)31-26(37)19-8-9-21(23(16-19)39-3)32-28-30-17-22-25(33-28)24(18-6-4-5-7-18)34-29(12-13-29)27(38)36(22)2/h8-9,16-18,20,24,34H,4-7,10-15H2,1-3H3,(H,31,37)(H,30,32,33). The number of carbonyl (C=O) groups is 2. The van der Waals surface area contributed by atoms with E-state index in [1.807, 2.05) is 13.1 Å². The molecule has 0 bridgehead atoms. The molecule has 2 aromatic rings. The van der Waals surface area contributed by atoms with E-state index in [2.05, 4.69) is 32.9 Å². The first-order valence-corrected chi connectivity index (χ1v) is 14.2. The molecule has 2 aliphatic heterocycles. The van der Waals surface area contributed by atoms with E-state index in [1.54, 1.807) is 30.3 Å². The van der Waals surface area contributed by atoms with Gasteiger partial charge < -0.3 is 25.2 Å². The number of piperidine rings is 1. The van der Waals surface area contributed by atoms with Gasteiger partial charge in [-0.1, -0.05) is 12.8 Å². The first-order valence-electron chi connectivity index (χ1n) is 14.2. The maximum absolute atomic E-state index is 13.3. The van der Waals surface area contributed by atoms with Gasteiger partial charge in [0.25, 0.3) is 5.91 Å². The fraction of sp³-hybridized carbons (Fsp3) is 0.586. The molecule has 2 aliphatic carbocycles. The molecule has 1 aromatic heterocycles. The minimum atomic E-state index is -0.469. The molecule has 1 saturated heterocycles. The highest BCUT2D eigenvalue weighted by atomic mass is 16.5. The summed E-state index contributed by atoms with van der Waals surface area (Å²) < 4.78 is 5.64. The second kappa shape index (κ2) is 10.4. The van der Waals surface area contributed by atoms with Crippen LogP contribution in [0, 0.1) is 5.92 Å². The number of methoxy groups -OCH3 is 1. The number of likely N-dealkylation sites (N-methyl/N-ethyl adjacent to an activating group) is 1. The predicted molar refractivity (Wildman–Crippen MR) is 150 cm³/mol. The fourth-order valence-corrected chi connectivity index (χ4v) is 6.39. The molecular weight excluding hydrogens is 494 g/mol. The van der Waals surface area contributed by atoms with Crippen molar-refractivity contribution in [1.82, 2.24) is 25.5 Å². The molecule has 39 heavy (non-hydrogen) atoms. The van der Waals surface area contributed by atoms with Crippen molar-refractivity contribution in [1.29, 1.82) is 0 Å². The van der Waals surface area contributed by atoms with Crippen molar-refractivity contribution >= 4 is 29.1 Å². The molecule has 6 rings (SSSR count). The normalized spacial score (nSPS) is 23.4. The third kappa shape index (κ3) is 5.07. The Morgan fingerprint density at radius 1 is 1.13 bits per heavy atom. The Hall–Kier alpha value is -3.24. The number of nitrogens with one attached hydrogen (secondary N) is 3. The monoisotopic (exact) mass is 533 g/mol. The van der Waals surface area contributed by atoms with E-state index < -0.39 is 5.54 Å². The lowest BCUT2D eigenvalue weighted by atomic mass is 9.93. The van der Waals surface area contributed by atoms with Gasteiger partial charge in [0.1, 0.15) is 5.75 Å². The van der Waals surface area contributed by atoms with E-state index in [4.69, 9.17) is 9.72 Å². The maximum atomic E-state index is 13.3. The van der Waals surface area contributed by atoms with Crippen LogP contribution in [0.4, 0.5) is 17.3 Å². The summed E-state index contributed by atoms with van der Waals surface area (Å²) in [4.78, 5) is 39.8. The van der Waals surface area contributed by atoms with Crippen molar-refractivity contribution in [3.05, 3.63) is 35.7 Å². The van der Waals surface area contributed by atoms with Crippen LogP contribution in [0.5, 0.6) is 5.75 Å². The van der Waals surface area contributed by atoms with Gasteiger partial charge in [-0.2, -0.15) is 0 Å². The van der Waals surface area contributed by atoms with Gasteiger partial charge in [0.2, 0.25) is 11.9 Å². The summed E-state index contributed by atoms with van der Waals surface area (Å²) in [7, 11) is 5.52. The van der Waals surface area contributed by atoms with Crippen LogP contribution in [0.1, 0.15) is 73.5 Å². The van der Waals surface area contributed by atoms with Gasteiger partial charge >= 0.3 is 0 Å². The van der Waals surface area contributed by atoms with Crippen LogP contribution in [-0.2, 0) is 4.79 Å². The molecule has 10 nitrogen and oxygen atoms in total. The Balaban J connectivity index is 1.24. The number of nitrogens with zero attached hydrogens (tertiary/aromatic N) is 4. The van der Waals surface area contributed by atoms with Gasteiger partial charge in [-0.15, -0.1) is 0 Å². The lowest BCUT2D eigenvalue weighted by molar-refractivity contribution is -0.121. The number of hydrogen-bond donors (Lipinski definition) is 3. The van der Waals surface area contributed by atoms with E-state index in [0.29, 0.717) is 28.9 Å². The summed E-state index contributed by atoms with van der Waals surface area (Å²) in [6.07, 6.45) is 10.1. The molecule has 0 radical (unpaired) electrons. The van der Waals surface area contributed by atoms with Gasteiger partial charge in [0, 0.05) is 18.7 Å². The third-order valence-electron chi connectivity index (χ3n) is 8.98. The molecule has 3 N–H and O–H groups in total. The average molecular weight is 534 g/mol. The van der Waals surface area contributed by atoms with E-state index in [9.17, 15) is 9.59 Å². The minimum absolute atomic E-state index is 0.00925. The van der Waals surface area contributed by atoms with E-state index in [0.717, 1.165) is 63.0 Å². The Labute approximate surface area is 229 Å². The summed E-state index contributed by atoms with van der Waals surface area (Å²) in [6, 6.07) is 5.58. The molecule has 1 spiro atoms. The number of likely N-dealkylation sites (tertiary alicyclic amines) is 1. The van der Waals surface area contributed by atoms with Crippen LogP contribution >= 0.6 is 0 Å². The summed E-state index contributed by atoms with van der Waals surface area (Å²) in [5.41, 5.74) is 2.40. The predicted octanol–water partition coefficient (Wildman–Crippen LogP) is 3.38. The van der Waals surface area contributed by atoms with Crippen LogP contribution in [0.25, 0.3) is 0 Å². The lowest BCUT2D eigenvalue weighted by Gasteiger charge is -2.29. The molecule has 3 heterocycles. The summed E-state index contributed by atoms with van der Waals surface area (Å²) in [6.45, 7) is 1.97. The number of ether oxygens (including phenoxy) is 1. The van der Waals surface area contributed by atoms with Gasteiger partial charge in [-0.05, 0) is 82.8 Å². The lowest BCUT2D eigenvalue weighted by Crippen LogP contribution is -2.47. The number of amides is 2. The summed E-state index contributed by atoms with van der Waals surface area (Å²) in [5.74, 6) is 1.43. The van der Waals surface area contributed by atoms with Crippen LogP contribution in [0.15, 0.2) is 24.4 Å². The zero-order valence-corrected chi connectivity index (χ0v) is 23.1. The number of benzene rings is 1. The number of aromatic nitrogens is 2. The Morgan fingerprint density at radius 2 is 1.87 bits per heavy atom. The van der Waals surface area contributed by atoms with Crippen molar-refractivity contribution in [2.75, 3.05) is 44.5 Å². The summed E-state index contributed by atoms with van der Waals surface area (Å²) >= 11 is 0. The molecule has 3 fully saturated rings. The highest BCUT2D eigenvalue weighted by Gasteiger charge is 2.55. The van der Waals surface area contributed by atoms with Gasteiger partial charge in [-0.3, -0.25) is 14.9 Å². The second-order valence-corrected chi connectivity index (χ2v) is 11.7. The number of carbonyl (C=O) groups excluding carboxylic acids is 2. The molecule has 208 valence electrons. The van der Waals surface area contributed by atoms with Crippen molar-refractivity contribution < 1.29 is 14.3 Å². The maximum Gasteiger partial charge on any atom is 0.251 e. The van der Waals surface area contributed by atoms with Crippen LogP contribution in [0.3, 0.4) is 0 Å². The topological polar surface area (TPSA) is 112 Å². The molecule has 1 unspecified atom stereocenters. The van der Waals surface area contributed by atoms with Crippen molar-refractivity contribution in [3.63, 3.8) is 0 Å². The van der Waals surface area contributed by atoms with Crippen LogP contribution in [0.2, 0.25) is 0 Å². The molecule has 4 aliphatic rings. The molecule has 1 aromatic carbocycles. The zero-order chi connectivity index (χ0) is 27.1. The Morgan fingerprint density at radius 3 is 2.56 bits per heavy atom. The van der Waals surface area contributed by atoms with Gasteiger partial charge in [0.15, 0.2) is 0 Å². The van der Waals surface area contributed by atoms with Gasteiger partial charge in [-0.25, -0.2) is 9.97 Å². The van der Waals surface area contributed by atoms with Crippen molar-refractivity contribution in [3.8, 4) is 5.75 Å². The number of rotatable bonds is 6. The first-order chi connectivity index (χ1) is 18.9. The summed E-state index contributed by atoms with van der Waals surface area (Å²) in [5, 5.41) is 10.2. The highest BCUT2D eigenvalue weighted by molar-refractivity contribution is 6.03. The second-order valence-electron chi connectivity index (χ2n) is 11.7. The van der Waals surface area contributed by atoms with Crippen molar-refractivity contribution in [2.24, 2.45) is 5.92 Å². The molecule has 2 amide bonds. The zero-order valence-electron chi connectivity index (χ0n) is 23.1. The van der Waals surface area contributed by atoms with Crippen LogP contribution < -0.4 is 25.6 Å². The van der Waals surface area contributed by atoms with Crippen LogP contribution in [-0.4, -0.2) is 72.6 Å². The SMILES string of the molecule is COc1cc(C(=O)NC2CCN(C)CC2)ccc1Nc1ncc2c(n1)C(C1CCCC1)NC1(CC1)C(=O)N2C. The first kappa shape index (κ1) is 26.0. The number of anilines is 3. The number of hydrogen-bond acceptors (Lipinski definition) is 8. The molecule has 1 atom stereocenters. The minimum Gasteiger partial charge on any atom is -0.495 e. The molecule has 2 saturated carbocycles. The highest BCUT2D eigenvalue weighted by Crippen LogP contribution is 2.48.